The molecule has 1 heterocycles. The highest BCUT2D eigenvalue weighted by atomic mass is 35.5. The molecule has 1 aromatic carbocycles. The summed E-state index contributed by atoms with van der Waals surface area (Å²) in [6.07, 6.45) is 4.79. The number of nitrogens with zero attached hydrogens (tertiary/aromatic N) is 2. The number of aromatic nitrogens is 2. The zero-order valence-electron chi connectivity index (χ0n) is 11.1. The van der Waals surface area contributed by atoms with Crippen LogP contribution in [0.1, 0.15) is 5.56 Å². The van der Waals surface area contributed by atoms with Crippen molar-refractivity contribution < 1.29 is 4.74 Å². The van der Waals surface area contributed by atoms with E-state index in [1.165, 1.54) is 5.56 Å². The summed E-state index contributed by atoms with van der Waals surface area (Å²) >= 11 is 5.83. The lowest BCUT2D eigenvalue weighted by atomic mass is 10.1. The molecule has 1 N–H and O–H groups in total. The molecule has 4 nitrogen and oxygen atoms in total. The third-order valence-electron chi connectivity index (χ3n) is 2.91. The Balaban J connectivity index is 1.87. The summed E-state index contributed by atoms with van der Waals surface area (Å²) in [5.74, 6) is 0.829. The summed E-state index contributed by atoms with van der Waals surface area (Å²) < 4.78 is 7.55. The Hall–Kier alpha value is -1.52. The first kappa shape index (κ1) is 13.9. The van der Waals surface area contributed by atoms with Crippen molar-refractivity contribution in [3.8, 4) is 5.75 Å². The van der Waals surface area contributed by atoms with Gasteiger partial charge in [-0.1, -0.05) is 11.6 Å². The van der Waals surface area contributed by atoms with Gasteiger partial charge in [-0.3, -0.25) is 4.68 Å². The maximum absolute atomic E-state index is 5.83. The van der Waals surface area contributed by atoms with Crippen LogP contribution in [0.5, 0.6) is 5.75 Å². The van der Waals surface area contributed by atoms with Gasteiger partial charge in [0.05, 0.1) is 6.20 Å². The van der Waals surface area contributed by atoms with Gasteiger partial charge in [-0.05, 0) is 43.3 Å². The lowest BCUT2D eigenvalue weighted by Gasteiger charge is -2.16. The Morgan fingerprint density at radius 3 is 2.68 bits per heavy atom. The largest absolute Gasteiger partial charge is 0.492 e. The van der Waals surface area contributed by atoms with E-state index in [0.717, 1.165) is 12.2 Å². The first-order valence-electron chi connectivity index (χ1n) is 6.20. The number of nitrogens with one attached hydrogen (secondary N) is 1. The van der Waals surface area contributed by atoms with Crippen LogP contribution in [0.3, 0.4) is 0 Å². The minimum absolute atomic E-state index is 0.250. The molecule has 1 atom stereocenters. The van der Waals surface area contributed by atoms with E-state index in [4.69, 9.17) is 16.3 Å². The van der Waals surface area contributed by atoms with Crippen molar-refractivity contribution in [2.45, 2.75) is 12.5 Å². The Labute approximate surface area is 118 Å². The first-order valence-corrected chi connectivity index (χ1v) is 6.58. The molecule has 0 spiro atoms. The van der Waals surface area contributed by atoms with Crippen molar-refractivity contribution in [2.24, 2.45) is 7.05 Å². The molecule has 0 aliphatic rings. The molecule has 2 rings (SSSR count). The minimum Gasteiger partial charge on any atom is -0.492 e. The average molecular weight is 280 g/mol. The second-order valence-electron chi connectivity index (χ2n) is 4.48. The van der Waals surface area contributed by atoms with Gasteiger partial charge >= 0.3 is 0 Å². The molecule has 0 amide bonds. The Kier molecular flexibility index (Phi) is 4.82. The number of hydrogen-bond acceptors (Lipinski definition) is 3. The Bertz CT molecular complexity index is 510. The van der Waals surface area contributed by atoms with Crippen molar-refractivity contribution in [2.75, 3.05) is 13.7 Å². The van der Waals surface area contributed by atoms with E-state index in [9.17, 15) is 0 Å². The SMILES string of the molecule is CNC(COc1ccc(Cl)cc1)Cc1cnn(C)c1. The molecule has 19 heavy (non-hydrogen) atoms. The summed E-state index contributed by atoms with van der Waals surface area (Å²) in [5.41, 5.74) is 1.20. The van der Waals surface area contributed by atoms with Crippen molar-refractivity contribution in [3.05, 3.63) is 47.2 Å². The quantitative estimate of drug-likeness (QED) is 0.882. The highest BCUT2D eigenvalue weighted by molar-refractivity contribution is 6.30. The summed E-state index contributed by atoms with van der Waals surface area (Å²) in [6, 6.07) is 7.65. The second-order valence-corrected chi connectivity index (χ2v) is 4.91. The van der Waals surface area contributed by atoms with Gasteiger partial charge in [-0.15, -0.1) is 0 Å². The van der Waals surface area contributed by atoms with Crippen molar-refractivity contribution in [1.82, 2.24) is 15.1 Å². The molecule has 0 bridgehead atoms. The molecule has 0 fully saturated rings. The molecule has 102 valence electrons. The molecule has 0 saturated heterocycles. The zero-order valence-corrected chi connectivity index (χ0v) is 11.9. The molecule has 2 aromatic rings. The van der Waals surface area contributed by atoms with Crippen LogP contribution in [0.2, 0.25) is 5.02 Å². The number of ether oxygens (including phenoxy) is 1. The summed E-state index contributed by atoms with van der Waals surface area (Å²) in [4.78, 5) is 0. The lowest BCUT2D eigenvalue weighted by molar-refractivity contribution is 0.270. The molecule has 0 saturated carbocycles. The topological polar surface area (TPSA) is 39.1 Å². The predicted molar refractivity (Wildman–Crippen MR) is 76.7 cm³/mol. The molecule has 1 aromatic heterocycles. The number of benzene rings is 1. The van der Waals surface area contributed by atoms with Crippen LogP contribution in [0.4, 0.5) is 0 Å². The molecular formula is C14H18ClN3O. The molecular weight excluding hydrogens is 262 g/mol. The molecule has 0 radical (unpaired) electrons. The van der Waals surface area contributed by atoms with Crippen molar-refractivity contribution >= 4 is 11.6 Å². The fraction of sp³-hybridized carbons (Fsp3) is 0.357. The van der Waals surface area contributed by atoms with Crippen LogP contribution in [0.25, 0.3) is 0 Å². The Morgan fingerprint density at radius 1 is 1.37 bits per heavy atom. The van der Waals surface area contributed by atoms with Gasteiger partial charge in [0.1, 0.15) is 12.4 Å². The van der Waals surface area contributed by atoms with Gasteiger partial charge in [0.25, 0.3) is 0 Å². The van der Waals surface area contributed by atoms with Crippen LogP contribution in [-0.2, 0) is 13.5 Å². The van der Waals surface area contributed by atoms with Crippen molar-refractivity contribution in [1.29, 1.82) is 0 Å². The Morgan fingerprint density at radius 2 is 2.11 bits per heavy atom. The number of rotatable bonds is 6. The molecule has 5 heteroatoms. The second kappa shape index (κ2) is 6.59. The third kappa shape index (κ3) is 4.26. The third-order valence-corrected chi connectivity index (χ3v) is 3.17. The van der Waals surface area contributed by atoms with E-state index in [2.05, 4.69) is 10.4 Å². The normalized spacial score (nSPS) is 12.4. The standard InChI is InChI=1S/C14H18ClN3O/c1-16-13(7-11-8-17-18(2)9-11)10-19-14-5-3-12(15)4-6-14/h3-6,8-9,13,16H,7,10H2,1-2H3. The number of aryl methyl sites for hydroxylation is 1. The molecule has 1 unspecified atom stereocenters. The fourth-order valence-electron chi connectivity index (χ4n) is 1.83. The van der Waals surface area contributed by atoms with Crippen molar-refractivity contribution in [3.63, 3.8) is 0 Å². The van der Waals surface area contributed by atoms with Crippen LogP contribution in [0.15, 0.2) is 36.7 Å². The number of hydrogen-bond donors (Lipinski definition) is 1. The number of likely N-dealkylation sites (N-methyl/N-ethyl adjacent to an activating group) is 1. The van der Waals surface area contributed by atoms with Gasteiger partial charge in [-0.2, -0.15) is 5.10 Å². The van der Waals surface area contributed by atoms with E-state index >= 15 is 0 Å². The van der Waals surface area contributed by atoms with E-state index in [1.54, 1.807) is 0 Å². The average Bonchev–Trinajstić information content (AvgIpc) is 2.82. The zero-order chi connectivity index (χ0) is 13.7. The minimum atomic E-state index is 0.250. The fourth-order valence-corrected chi connectivity index (χ4v) is 1.96. The maximum Gasteiger partial charge on any atom is 0.119 e. The summed E-state index contributed by atoms with van der Waals surface area (Å²) in [6.45, 7) is 0.604. The summed E-state index contributed by atoms with van der Waals surface area (Å²) in [7, 11) is 3.86. The number of halogens is 1. The van der Waals surface area contributed by atoms with E-state index in [1.807, 2.05) is 55.4 Å². The summed E-state index contributed by atoms with van der Waals surface area (Å²) in [5, 5.41) is 8.13. The van der Waals surface area contributed by atoms with Crippen LogP contribution < -0.4 is 10.1 Å². The first-order chi connectivity index (χ1) is 9.17. The monoisotopic (exact) mass is 279 g/mol. The van der Waals surface area contributed by atoms with Gasteiger partial charge < -0.3 is 10.1 Å². The van der Waals surface area contributed by atoms with Gasteiger partial charge in [-0.25, -0.2) is 0 Å². The highest BCUT2D eigenvalue weighted by Gasteiger charge is 2.09. The van der Waals surface area contributed by atoms with E-state index in [-0.39, 0.29) is 6.04 Å². The molecule has 0 aliphatic carbocycles. The van der Waals surface area contributed by atoms with Gasteiger partial charge in [0.2, 0.25) is 0 Å². The predicted octanol–water partition coefficient (Wildman–Crippen LogP) is 2.28. The van der Waals surface area contributed by atoms with E-state index < -0.39 is 0 Å². The van der Waals surface area contributed by atoms with Crippen LogP contribution in [0, 0.1) is 0 Å². The van der Waals surface area contributed by atoms with Gasteiger partial charge in [0, 0.05) is 24.3 Å². The van der Waals surface area contributed by atoms with Crippen LogP contribution >= 0.6 is 11.6 Å². The van der Waals surface area contributed by atoms with Crippen LogP contribution in [-0.4, -0.2) is 29.5 Å². The molecule has 0 aliphatic heterocycles. The lowest BCUT2D eigenvalue weighted by Crippen LogP contribution is -2.33. The van der Waals surface area contributed by atoms with Gasteiger partial charge in [0.15, 0.2) is 0 Å². The van der Waals surface area contributed by atoms with E-state index in [0.29, 0.717) is 11.6 Å². The maximum atomic E-state index is 5.83. The smallest absolute Gasteiger partial charge is 0.119 e. The highest BCUT2D eigenvalue weighted by Crippen LogP contribution is 2.16.